The third kappa shape index (κ3) is 3.80. The molecule has 0 radical (unpaired) electrons. The summed E-state index contributed by atoms with van der Waals surface area (Å²) in [6.45, 7) is 6.86. The van der Waals surface area contributed by atoms with Gasteiger partial charge < -0.3 is 18.9 Å². The summed E-state index contributed by atoms with van der Waals surface area (Å²) in [6, 6.07) is 3.87. The van der Waals surface area contributed by atoms with E-state index in [9.17, 15) is 0 Å². The number of ether oxygens (including phenoxy) is 4. The van der Waals surface area contributed by atoms with Crippen molar-refractivity contribution in [1.29, 1.82) is 0 Å². The highest BCUT2D eigenvalue weighted by Gasteiger charge is 2.23. The second kappa shape index (κ2) is 7.00. The predicted octanol–water partition coefficient (Wildman–Crippen LogP) is 2.32. The maximum atomic E-state index is 5.77. The first-order chi connectivity index (χ1) is 10.1. The Morgan fingerprint density at radius 1 is 0.952 bits per heavy atom. The SMILES string of the molecule is COc1cc(OC)c(OC)cc1CN1C[C@@H](C)O[C@H](C)C1. The Morgan fingerprint density at radius 2 is 1.48 bits per heavy atom. The minimum absolute atomic E-state index is 0.250. The molecule has 0 amide bonds. The van der Waals surface area contributed by atoms with Gasteiger partial charge in [0, 0.05) is 31.3 Å². The Morgan fingerprint density at radius 3 is 2.00 bits per heavy atom. The van der Waals surface area contributed by atoms with E-state index < -0.39 is 0 Å². The highest BCUT2D eigenvalue weighted by molar-refractivity contribution is 5.50. The van der Waals surface area contributed by atoms with Crippen LogP contribution in [0, 0.1) is 0 Å². The minimum atomic E-state index is 0.250. The number of morpholine rings is 1. The summed E-state index contributed by atoms with van der Waals surface area (Å²) < 4.78 is 22.0. The van der Waals surface area contributed by atoms with Crippen molar-refractivity contribution < 1.29 is 18.9 Å². The largest absolute Gasteiger partial charge is 0.496 e. The molecule has 0 spiro atoms. The Kier molecular flexibility index (Phi) is 5.31. The van der Waals surface area contributed by atoms with Gasteiger partial charge in [0.1, 0.15) is 5.75 Å². The Balaban J connectivity index is 2.22. The fourth-order valence-corrected chi connectivity index (χ4v) is 2.87. The first kappa shape index (κ1) is 15.9. The number of hydrogen-bond acceptors (Lipinski definition) is 5. The van der Waals surface area contributed by atoms with Gasteiger partial charge in [-0.25, -0.2) is 0 Å². The van der Waals surface area contributed by atoms with Gasteiger partial charge in [0.15, 0.2) is 11.5 Å². The molecule has 5 nitrogen and oxygen atoms in total. The molecule has 2 atom stereocenters. The van der Waals surface area contributed by atoms with Crippen molar-refractivity contribution in [3.63, 3.8) is 0 Å². The van der Waals surface area contributed by atoms with E-state index in [1.807, 2.05) is 12.1 Å². The first-order valence-electron chi connectivity index (χ1n) is 7.24. The summed E-state index contributed by atoms with van der Waals surface area (Å²) >= 11 is 0. The molecule has 2 rings (SSSR count). The zero-order valence-corrected chi connectivity index (χ0v) is 13.5. The third-order valence-corrected chi connectivity index (χ3v) is 3.68. The second-order valence-electron chi connectivity index (χ2n) is 5.47. The molecular weight excluding hydrogens is 270 g/mol. The smallest absolute Gasteiger partial charge is 0.164 e. The number of rotatable bonds is 5. The van der Waals surface area contributed by atoms with Crippen molar-refractivity contribution in [3.8, 4) is 17.2 Å². The topological polar surface area (TPSA) is 40.2 Å². The van der Waals surface area contributed by atoms with Gasteiger partial charge in [-0.3, -0.25) is 4.90 Å². The average Bonchev–Trinajstić information content (AvgIpc) is 2.45. The van der Waals surface area contributed by atoms with E-state index in [-0.39, 0.29) is 12.2 Å². The van der Waals surface area contributed by atoms with E-state index in [1.165, 1.54) is 0 Å². The van der Waals surface area contributed by atoms with E-state index in [4.69, 9.17) is 18.9 Å². The van der Waals surface area contributed by atoms with Crippen LogP contribution in [0.4, 0.5) is 0 Å². The molecule has 0 bridgehead atoms. The normalized spacial score (nSPS) is 22.9. The second-order valence-corrected chi connectivity index (χ2v) is 5.47. The molecule has 1 fully saturated rings. The summed E-state index contributed by atoms with van der Waals surface area (Å²) in [6.07, 6.45) is 0.500. The lowest BCUT2D eigenvalue weighted by atomic mass is 10.1. The molecule has 0 aliphatic carbocycles. The molecule has 5 heteroatoms. The zero-order chi connectivity index (χ0) is 15.4. The summed E-state index contributed by atoms with van der Waals surface area (Å²) in [5.41, 5.74) is 1.09. The quantitative estimate of drug-likeness (QED) is 0.834. The van der Waals surface area contributed by atoms with Crippen LogP contribution in [0.15, 0.2) is 12.1 Å². The molecule has 1 aliphatic rings. The molecule has 1 heterocycles. The molecule has 0 N–H and O–H groups in total. The molecular formula is C16H25NO4. The van der Waals surface area contributed by atoms with Crippen LogP contribution in [0.3, 0.4) is 0 Å². The van der Waals surface area contributed by atoms with Crippen LogP contribution >= 0.6 is 0 Å². The van der Waals surface area contributed by atoms with Gasteiger partial charge in [-0.2, -0.15) is 0 Å². The molecule has 21 heavy (non-hydrogen) atoms. The maximum absolute atomic E-state index is 5.77. The summed E-state index contributed by atoms with van der Waals surface area (Å²) in [5, 5.41) is 0. The molecule has 1 saturated heterocycles. The lowest BCUT2D eigenvalue weighted by Gasteiger charge is -2.35. The lowest BCUT2D eigenvalue weighted by Crippen LogP contribution is -2.44. The molecule has 0 saturated carbocycles. The number of methoxy groups -OCH3 is 3. The van der Waals surface area contributed by atoms with Crippen LogP contribution in [-0.4, -0.2) is 51.5 Å². The molecule has 0 aromatic heterocycles. The van der Waals surface area contributed by atoms with Crippen LogP contribution in [0.5, 0.6) is 17.2 Å². The summed E-state index contributed by atoms with van der Waals surface area (Å²) in [4.78, 5) is 2.38. The highest BCUT2D eigenvalue weighted by Crippen LogP contribution is 2.35. The monoisotopic (exact) mass is 295 g/mol. The Labute approximate surface area is 126 Å². The Bertz CT molecular complexity index is 468. The van der Waals surface area contributed by atoms with Crippen LogP contribution < -0.4 is 14.2 Å². The number of hydrogen-bond donors (Lipinski definition) is 0. The van der Waals surface area contributed by atoms with Crippen LogP contribution in [0.1, 0.15) is 19.4 Å². The first-order valence-corrected chi connectivity index (χ1v) is 7.24. The maximum Gasteiger partial charge on any atom is 0.164 e. The third-order valence-electron chi connectivity index (χ3n) is 3.68. The van der Waals surface area contributed by atoms with Crippen molar-refractivity contribution in [2.75, 3.05) is 34.4 Å². The number of nitrogens with zero attached hydrogens (tertiary/aromatic N) is 1. The minimum Gasteiger partial charge on any atom is -0.496 e. The molecule has 118 valence electrons. The van der Waals surface area contributed by atoms with Crippen molar-refractivity contribution in [2.45, 2.75) is 32.6 Å². The molecule has 0 unspecified atom stereocenters. The van der Waals surface area contributed by atoms with Gasteiger partial charge in [-0.1, -0.05) is 0 Å². The van der Waals surface area contributed by atoms with Gasteiger partial charge in [0.25, 0.3) is 0 Å². The van der Waals surface area contributed by atoms with Gasteiger partial charge in [-0.05, 0) is 19.9 Å². The van der Waals surface area contributed by atoms with Gasteiger partial charge >= 0.3 is 0 Å². The van der Waals surface area contributed by atoms with Gasteiger partial charge in [0.05, 0.1) is 33.5 Å². The van der Waals surface area contributed by atoms with E-state index in [2.05, 4.69) is 18.7 Å². The average molecular weight is 295 g/mol. The van der Waals surface area contributed by atoms with Gasteiger partial charge in [0.2, 0.25) is 0 Å². The molecule has 1 aliphatic heterocycles. The zero-order valence-electron chi connectivity index (χ0n) is 13.5. The molecule has 1 aromatic rings. The lowest BCUT2D eigenvalue weighted by molar-refractivity contribution is -0.0706. The Hall–Kier alpha value is -1.46. The highest BCUT2D eigenvalue weighted by atomic mass is 16.5. The van der Waals surface area contributed by atoms with Crippen LogP contribution in [0.25, 0.3) is 0 Å². The van der Waals surface area contributed by atoms with Crippen molar-refractivity contribution in [2.24, 2.45) is 0 Å². The van der Waals surface area contributed by atoms with Crippen molar-refractivity contribution >= 4 is 0 Å². The van der Waals surface area contributed by atoms with Crippen molar-refractivity contribution in [3.05, 3.63) is 17.7 Å². The standard InChI is InChI=1S/C16H25NO4/c1-11-8-17(9-12(2)21-11)10-13-6-15(19-4)16(20-5)7-14(13)18-3/h6-7,11-12H,8-10H2,1-5H3/t11-,12-/m1/s1. The van der Waals surface area contributed by atoms with E-state index >= 15 is 0 Å². The van der Waals surface area contributed by atoms with Gasteiger partial charge in [-0.15, -0.1) is 0 Å². The molecule has 1 aromatic carbocycles. The van der Waals surface area contributed by atoms with E-state index in [1.54, 1.807) is 21.3 Å². The van der Waals surface area contributed by atoms with E-state index in [0.717, 1.165) is 36.7 Å². The number of benzene rings is 1. The predicted molar refractivity (Wildman–Crippen MR) is 81.4 cm³/mol. The van der Waals surface area contributed by atoms with Crippen LogP contribution in [-0.2, 0) is 11.3 Å². The summed E-state index contributed by atoms with van der Waals surface area (Å²) in [7, 11) is 4.95. The summed E-state index contributed by atoms with van der Waals surface area (Å²) in [5.74, 6) is 2.23. The fraction of sp³-hybridized carbons (Fsp3) is 0.625. The van der Waals surface area contributed by atoms with Crippen molar-refractivity contribution in [1.82, 2.24) is 4.90 Å². The fourth-order valence-electron chi connectivity index (χ4n) is 2.87. The van der Waals surface area contributed by atoms with E-state index in [0.29, 0.717) is 5.75 Å². The van der Waals surface area contributed by atoms with Crippen LogP contribution in [0.2, 0.25) is 0 Å².